The summed E-state index contributed by atoms with van der Waals surface area (Å²) in [6, 6.07) is 5.49. The number of halogens is 3. The zero-order valence-corrected chi connectivity index (χ0v) is 13.7. The van der Waals surface area contributed by atoms with Gasteiger partial charge in [-0.3, -0.25) is 19.8 Å². The molecule has 1 rings (SSSR count). The van der Waals surface area contributed by atoms with Crippen LogP contribution in [0.5, 0.6) is 0 Å². The van der Waals surface area contributed by atoms with Gasteiger partial charge in [-0.15, -0.1) is 0 Å². The second-order valence-corrected chi connectivity index (χ2v) is 5.29. The average Bonchev–Trinajstić information content (AvgIpc) is 2.52. The molecule has 10 heteroatoms. The second kappa shape index (κ2) is 9.02. The Hall–Kier alpha value is -2.62. The van der Waals surface area contributed by atoms with Gasteiger partial charge in [0.1, 0.15) is 6.54 Å². The highest BCUT2D eigenvalue weighted by molar-refractivity contribution is 5.95. The zero-order chi connectivity index (χ0) is 19.0. The number of hydrogen-bond acceptors (Lipinski definition) is 4. The van der Waals surface area contributed by atoms with Crippen LogP contribution < -0.4 is 16.0 Å². The van der Waals surface area contributed by atoms with Crippen molar-refractivity contribution in [3.05, 3.63) is 35.4 Å². The van der Waals surface area contributed by atoms with Crippen LogP contribution in [0.15, 0.2) is 24.3 Å². The molecular formula is C15H19F3N4O3. The van der Waals surface area contributed by atoms with E-state index in [1.807, 2.05) is 5.32 Å². The highest BCUT2D eigenvalue weighted by Gasteiger charge is 2.28. The van der Waals surface area contributed by atoms with E-state index in [-0.39, 0.29) is 12.5 Å². The highest BCUT2D eigenvalue weighted by atomic mass is 19.4. The summed E-state index contributed by atoms with van der Waals surface area (Å²) in [5.41, 5.74) is 1.32. The molecule has 0 aliphatic carbocycles. The Kier molecular flexibility index (Phi) is 7.37. The minimum absolute atomic E-state index is 0.184. The number of hydrogen-bond donors (Lipinski definition) is 3. The molecule has 0 aliphatic rings. The lowest BCUT2D eigenvalue weighted by Crippen LogP contribution is -2.46. The van der Waals surface area contributed by atoms with E-state index in [1.165, 1.54) is 7.05 Å². The van der Waals surface area contributed by atoms with Crippen LogP contribution in [0.2, 0.25) is 0 Å². The fourth-order valence-corrected chi connectivity index (χ4v) is 1.91. The van der Waals surface area contributed by atoms with Gasteiger partial charge >= 0.3 is 12.2 Å². The summed E-state index contributed by atoms with van der Waals surface area (Å²) in [6.07, 6.45) is -4.54. The van der Waals surface area contributed by atoms with E-state index >= 15 is 0 Å². The number of rotatable bonds is 6. The molecule has 0 bridgehead atoms. The average molecular weight is 360 g/mol. The van der Waals surface area contributed by atoms with Gasteiger partial charge in [-0.2, -0.15) is 13.2 Å². The van der Waals surface area contributed by atoms with Crippen LogP contribution in [-0.2, 0) is 11.3 Å². The molecule has 0 aliphatic heterocycles. The molecule has 7 nitrogen and oxygen atoms in total. The van der Waals surface area contributed by atoms with E-state index in [0.29, 0.717) is 12.1 Å². The van der Waals surface area contributed by atoms with Crippen molar-refractivity contribution in [3.8, 4) is 0 Å². The van der Waals surface area contributed by atoms with Crippen LogP contribution in [0.3, 0.4) is 0 Å². The predicted molar refractivity (Wildman–Crippen MR) is 83.8 cm³/mol. The number of imide groups is 1. The number of alkyl halides is 3. The third kappa shape index (κ3) is 8.15. The van der Waals surface area contributed by atoms with Crippen LogP contribution in [0.4, 0.5) is 18.0 Å². The Morgan fingerprint density at radius 1 is 1.12 bits per heavy atom. The first-order valence-corrected chi connectivity index (χ1v) is 7.24. The van der Waals surface area contributed by atoms with E-state index in [9.17, 15) is 27.6 Å². The molecule has 4 amide bonds. The number of likely N-dealkylation sites (N-methyl/N-ethyl adjacent to an activating group) is 1. The standard InChI is InChI=1S/C15H19F3N4O3/c1-19-13(24)11-5-3-10(4-6-11)7-22(2)8-12(23)21-14(25)20-9-15(16,17)18/h3-6H,7-9H2,1-2H3,(H,19,24)(H2,20,21,23,25). The van der Waals surface area contributed by atoms with Crippen molar-refractivity contribution in [2.45, 2.75) is 12.7 Å². The molecule has 0 unspecified atom stereocenters. The summed E-state index contributed by atoms with van der Waals surface area (Å²) in [7, 11) is 3.13. The molecule has 0 fully saturated rings. The molecule has 0 saturated carbocycles. The van der Waals surface area contributed by atoms with Crippen LogP contribution in [0.25, 0.3) is 0 Å². The van der Waals surface area contributed by atoms with E-state index in [0.717, 1.165) is 5.56 Å². The smallest absolute Gasteiger partial charge is 0.355 e. The molecule has 25 heavy (non-hydrogen) atoms. The van der Waals surface area contributed by atoms with Gasteiger partial charge < -0.3 is 10.6 Å². The SMILES string of the molecule is CNC(=O)c1ccc(CN(C)CC(=O)NC(=O)NCC(F)(F)F)cc1. The van der Waals surface area contributed by atoms with Gasteiger partial charge in [0.15, 0.2) is 0 Å². The summed E-state index contributed by atoms with van der Waals surface area (Å²) in [4.78, 5) is 35.8. The molecule has 0 aromatic heterocycles. The Morgan fingerprint density at radius 3 is 2.24 bits per heavy atom. The number of amides is 4. The minimum Gasteiger partial charge on any atom is -0.355 e. The monoisotopic (exact) mass is 360 g/mol. The maximum absolute atomic E-state index is 11.9. The first kappa shape index (κ1) is 20.4. The van der Waals surface area contributed by atoms with Crippen LogP contribution in [-0.4, -0.2) is 56.1 Å². The lowest BCUT2D eigenvalue weighted by atomic mass is 10.1. The fourth-order valence-electron chi connectivity index (χ4n) is 1.91. The van der Waals surface area contributed by atoms with Crippen molar-refractivity contribution in [3.63, 3.8) is 0 Å². The summed E-state index contributed by atoms with van der Waals surface area (Å²) < 4.78 is 35.8. The molecule has 1 aromatic carbocycles. The number of nitrogens with one attached hydrogen (secondary N) is 3. The molecule has 138 valence electrons. The summed E-state index contributed by atoms with van der Waals surface area (Å²) in [5.74, 6) is -0.951. The number of carbonyl (C=O) groups is 3. The lowest BCUT2D eigenvalue weighted by molar-refractivity contribution is -0.125. The molecule has 1 aromatic rings. The van der Waals surface area contributed by atoms with Gasteiger partial charge in [-0.1, -0.05) is 12.1 Å². The van der Waals surface area contributed by atoms with E-state index < -0.39 is 24.7 Å². The van der Waals surface area contributed by atoms with E-state index in [1.54, 1.807) is 41.5 Å². The third-order valence-electron chi connectivity index (χ3n) is 3.01. The van der Waals surface area contributed by atoms with Gasteiger partial charge in [0.25, 0.3) is 5.91 Å². The first-order chi connectivity index (χ1) is 11.6. The van der Waals surface area contributed by atoms with Crippen molar-refractivity contribution >= 4 is 17.8 Å². The van der Waals surface area contributed by atoms with Crippen molar-refractivity contribution in [2.75, 3.05) is 27.2 Å². The fraction of sp³-hybridized carbons (Fsp3) is 0.400. The molecule has 0 radical (unpaired) electrons. The number of carbonyl (C=O) groups excluding carboxylic acids is 3. The molecule has 0 heterocycles. The quantitative estimate of drug-likeness (QED) is 0.702. The molecule has 0 spiro atoms. The zero-order valence-electron chi connectivity index (χ0n) is 13.7. The van der Waals surface area contributed by atoms with Crippen molar-refractivity contribution in [1.82, 2.24) is 20.9 Å². The van der Waals surface area contributed by atoms with Gasteiger partial charge in [-0.05, 0) is 24.7 Å². The summed E-state index contributed by atoms with van der Waals surface area (Å²) in [5, 5.41) is 5.86. The Labute approximate surface area is 142 Å². The van der Waals surface area contributed by atoms with Gasteiger partial charge in [-0.25, -0.2) is 4.79 Å². The van der Waals surface area contributed by atoms with Crippen molar-refractivity contribution < 1.29 is 27.6 Å². The normalized spacial score (nSPS) is 11.1. The topological polar surface area (TPSA) is 90.5 Å². The number of nitrogens with zero attached hydrogens (tertiary/aromatic N) is 1. The molecule has 0 atom stereocenters. The van der Waals surface area contributed by atoms with Gasteiger partial charge in [0.05, 0.1) is 6.54 Å². The highest BCUT2D eigenvalue weighted by Crippen LogP contribution is 2.12. The number of urea groups is 1. The lowest BCUT2D eigenvalue weighted by Gasteiger charge is -2.16. The Balaban J connectivity index is 2.42. The number of benzene rings is 1. The molecule has 3 N–H and O–H groups in total. The van der Waals surface area contributed by atoms with Crippen molar-refractivity contribution in [1.29, 1.82) is 0 Å². The minimum atomic E-state index is -4.54. The Morgan fingerprint density at radius 2 is 1.72 bits per heavy atom. The van der Waals surface area contributed by atoms with E-state index in [4.69, 9.17) is 0 Å². The second-order valence-electron chi connectivity index (χ2n) is 5.29. The first-order valence-electron chi connectivity index (χ1n) is 7.24. The van der Waals surface area contributed by atoms with Gasteiger partial charge in [0, 0.05) is 19.2 Å². The largest absolute Gasteiger partial charge is 0.405 e. The predicted octanol–water partition coefficient (Wildman–Crippen LogP) is 0.866. The van der Waals surface area contributed by atoms with E-state index in [2.05, 4.69) is 5.32 Å². The molecular weight excluding hydrogens is 341 g/mol. The van der Waals surface area contributed by atoms with Gasteiger partial charge in [0.2, 0.25) is 5.91 Å². The van der Waals surface area contributed by atoms with Crippen LogP contribution in [0, 0.1) is 0 Å². The Bertz CT molecular complexity index is 617. The molecule has 0 saturated heterocycles. The van der Waals surface area contributed by atoms with Crippen LogP contribution in [0.1, 0.15) is 15.9 Å². The maximum atomic E-state index is 11.9. The third-order valence-corrected chi connectivity index (χ3v) is 3.01. The van der Waals surface area contributed by atoms with Crippen molar-refractivity contribution in [2.24, 2.45) is 0 Å². The summed E-state index contributed by atoms with van der Waals surface area (Å²) >= 11 is 0. The summed E-state index contributed by atoms with van der Waals surface area (Å²) in [6.45, 7) is -1.35. The maximum Gasteiger partial charge on any atom is 0.405 e. The van der Waals surface area contributed by atoms with Crippen LogP contribution >= 0.6 is 0 Å².